The maximum atomic E-state index is 12.3. The second-order valence-electron chi connectivity index (χ2n) is 5.99. The van der Waals surface area contributed by atoms with Crippen molar-refractivity contribution in [3.05, 3.63) is 17.0 Å². The van der Waals surface area contributed by atoms with E-state index in [0.29, 0.717) is 31.1 Å². The number of hydrogen-bond donors (Lipinski definition) is 2. The number of thiophene rings is 1. The lowest BCUT2D eigenvalue weighted by Crippen LogP contribution is -2.53. The lowest BCUT2D eigenvalue weighted by molar-refractivity contribution is 0.0299. The molecule has 0 aliphatic carbocycles. The Kier molecular flexibility index (Phi) is 6.11. The third-order valence-electron chi connectivity index (χ3n) is 4.34. The van der Waals surface area contributed by atoms with Crippen molar-refractivity contribution in [1.82, 2.24) is 15.5 Å². The number of carbonyl (C=O) groups excluding carboxylic acids is 2. The molecule has 2 saturated heterocycles. The number of morpholine rings is 1. The minimum atomic E-state index is -0.311. The minimum absolute atomic E-state index is 0.0434. The number of ether oxygens (including phenoxy) is 2. The van der Waals surface area contributed by atoms with Crippen LogP contribution < -0.4 is 15.5 Å². The highest BCUT2D eigenvalue weighted by atomic mass is 32.1. The molecule has 2 aliphatic rings. The largest absolute Gasteiger partial charge is 0.465 e. The quantitative estimate of drug-likeness (QED) is 0.747. The van der Waals surface area contributed by atoms with Crippen LogP contribution in [0.15, 0.2) is 12.1 Å². The molecular weight excluding hydrogens is 344 g/mol. The van der Waals surface area contributed by atoms with Crippen LogP contribution in [0.4, 0.5) is 9.80 Å². The molecule has 3 rings (SSSR count). The second kappa shape index (κ2) is 8.50. The number of piperazine rings is 1. The summed E-state index contributed by atoms with van der Waals surface area (Å²) in [5.74, 6) is -0.311. The minimum Gasteiger partial charge on any atom is -0.465 e. The SMILES string of the molecule is COC(=O)c1ccc(N2CCN(C(=O)NCC3CNCCO3)CC2)s1. The first-order valence-electron chi connectivity index (χ1n) is 8.45. The number of amides is 2. The van der Waals surface area contributed by atoms with Crippen LogP contribution in [0.3, 0.4) is 0 Å². The Bertz CT molecular complexity index is 595. The van der Waals surface area contributed by atoms with Crippen molar-refractivity contribution < 1.29 is 19.1 Å². The first-order chi connectivity index (χ1) is 12.2. The van der Waals surface area contributed by atoms with Gasteiger partial charge in [-0.3, -0.25) is 0 Å². The highest BCUT2D eigenvalue weighted by Gasteiger charge is 2.23. The fourth-order valence-electron chi connectivity index (χ4n) is 2.90. The number of hydrogen-bond acceptors (Lipinski definition) is 7. The zero-order chi connectivity index (χ0) is 17.6. The lowest BCUT2D eigenvalue weighted by Gasteiger charge is -2.35. The van der Waals surface area contributed by atoms with Crippen molar-refractivity contribution >= 4 is 28.3 Å². The molecule has 1 aromatic rings. The number of esters is 1. The fourth-order valence-corrected chi connectivity index (χ4v) is 3.88. The lowest BCUT2D eigenvalue weighted by atomic mass is 10.3. The molecule has 1 unspecified atom stereocenters. The molecule has 2 aliphatic heterocycles. The molecule has 0 aromatic carbocycles. The molecule has 9 heteroatoms. The number of nitrogens with one attached hydrogen (secondary N) is 2. The smallest absolute Gasteiger partial charge is 0.348 e. The van der Waals surface area contributed by atoms with Crippen molar-refractivity contribution in [3.8, 4) is 0 Å². The van der Waals surface area contributed by atoms with Crippen LogP contribution in [-0.4, -0.2) is 82.5 Å². The van der Waals surface area contributed by atoms with Gasteiger partial charge in [0, 0.05) is 45.8 Å². The first-order valence-corrected chi connectivity index (χ1v) is 9.27. The van der Waals surface area contributed by atoms with Crippen molar-refractivity contribution in [1.29, 1.82) is 0 Å². The molecule has 0 spiro atoms. The van der Waals surface area contributed by atoms with Gasteiger partial charge in [-0.2, -0.15) is 0 Å². The molecular formula is C16H24N4O4S. The Labute approximate surface area is 151 Å². The molecule has 138 valence electrons. The number of anilines is 1. The summed E-state index contributed by atoms with van der Waals surface area (Å²) < 4.78 is 10.3. The van der Waals surface area contributed by atoms with Gasteiger partial charge in [0.2, 0.25) is 0 Å². The molecule has 2 N–H and O–H groups in total. The molecule has 3 heterocycles. The Balaban J connectivity index is 1.44. The van der Waals surface area contributed by atoms with Gasteiger partial charge in [-0.25, -0.2) is 9.59 Å². The van der Waals surface area contributed by atoms with Crippen molar-refractivity contribution in [3.63, 3.8) is 0 Å². The number of carbonyl (C=O) groups is 2. The third-order valence-corrected chi connectivity index (χ3v) is 5.47. The molecule has 2 fully saturated rings. The summed E-state index contributed by atoms with van der Waals surface area (Å²) in [4.78, 5) is 28.4. The average Bonchev–Trinajstić information content (AvgIpc) is 3.16. The van der Waals surface area contributed by atoms with E-state index >= 15 is 0 Å². The Morgan fingerprint density at radius 1 is 1.36 bits per heavy atom. The molecule has 1 aromatic heterocycles. The second-order valence-corrected chi connectivity index (χ2v) is 7.05. The normalized spacial score (nSPS) is 21.1. The van der Waals surface area contributed by atoms with Gasteiger partial charge in [0.05, 0.1) is 24.8 Å². The molecule has 8 nitrogen and oxygen atoms in total. The van der Waals surface area contributed by atoms with Crippen LogP contribution in [-0.2, 0) is 9.47 Å². The van der Waals surface area contributed by atoms with Crippen LogP contribution in [0.2, 0.25) is 0 Å². The molecule has 0 saturated carbocycles. The van der Waals surface area contributed by atoms with E-state index in [9.17, 15) is 9.59 Å². The van der Waals surface area contributed by atoms with E-state index in [0.717, 1.165) is 31.2 Å². The number of methoxy groups -OCH3 is 1. The van der Waals surface area contributed by atoms with E-state index in [1.807, 2.05) is 11.0 Å². The summed E-state index contributed by atoms with van der Waals surface area (Å²) in [6, 6.07) is 3.67. The number of nitrogens with zero attached hydrogens (tertiary/aromatic N) is 2. The Morgan fingerprint density at radius 3 is 2.84 bits per heavy atom. The topological polar surface area (TPSA) is 83.1 Å². The first kappa shape index (κ1) is 18.0. The van der Waals surface area contributed by atoms with Crippen LogP contribution in [0.5, 0.6) is 0 Å². The maximum Gasteiger partial charge on any atom is 0.348 e. The van der Waals surface area contributed by atoms with E-state index < -0.39 is 0 Å². The van der Waals surface area contributed by atoms with E-state index in [1.165, 1.54) is 18.4 Å². The zero-order valence-electron chi connectivity index (χ0n) is 14.3. The highest BCUT2D eigenvalue weighted by molar-refractivity contribution is 7.17. The monoisotopic (exact) mass is 368 g/mol. The van der Waals surface area contributed by atoms with Gasteiger partial charge in [-0.1, -0.05) is 0 Å². The van der Waals surface area contributed by atoms with Gasteiger partial charge < -0.3 is 29.9 Å². The van der Waals surface area contributed by atoms with E-state index in [1.54, 1.807) is 6.07 Å². The van der Waals surface area contributed by atoms with E-state index in [4.69, 9.17) is 9.47 Å². The molecule has 25 heavy (non-hydrogen) atoms. The third kappa shape index (κ3) is 4.62. The van der Waals surface area contributed by atoms with Gasteiger partial charge in [-0.05, 0) is 12.1 Å². The predicted octanol–water partition coefficient (Wildman–Crippen LogP) is 0.355. The van der Waals surface area contributed by atoms with Crippen LogP contribution >= 0.6 is 11.3 Å². The van der Waals surface area contributed by atoms with Gasteiger partial charge in [0.1, 0.15) is 4.88 Å². The van der Waals surface area contributed by atoms with Crippen LogP contribution in [0, 0.1) is 0 Å². The van der Waals surface area contributed by atoms with E-state index in [2.05, 4.69) is 15.5 Å². The summed E-state index contributed by atoms with van der Waals surface area (Å²) in [5.41, 5.74) is 0. The van der Waals surface area contributed by atoms with Crippen molar-refractivity contribution in [2.24, 2.45) is 0 Å². The molecule has 2 amide bonds. The fraction of sp³-hybridized carbons (Fsp3) is 0.625. The van der Waals surface area contributed by atoms with Gasteiger partial charge >= 0.3 is 12.0 Å². The number of urea groups is 1. The Hall–Kier alpha value is -1.84. The zero-order valence-corrected chi connectivity index (χ0v) is 15.1. The van der Waals surface area contributed by atoms with Crippen LogP contribution in [0.25, 0.3) is 0 Å². The van der Waals surface area contributed by atoms with Crippen LogP contribution in [0.1, 0.15) is 9.67 Å². The maximum absolute atomic E-state index is 12.3. The van der Waals surface area contributed by atoms with Gasteiger partial charge in [0.25, 0.3) is 0 Å². The summed E-state index contributed by atoms with van der Waals surface area (Å²) in [6.07, 6.45) is 0.0434. The number of rotatable bonds is 4. The average molecular weight is 368 g/mol. The highest BCUT2D eigenvalue weighted by Crippen LogP contribution is 2.27. The molecule has 1 atom stereocenters. The summed E-state index contributed by atoms with van der Waals surface area (Å²) >= 11 is 1.42. The predicted molar refractivity (Wildman–Crippen MR) is 95.5 cm³/mol. The summed E-state index contributed by atoms with van der Waals surface area (Å²) in [7, 11) is 1.38. The van der Waals surface area contributed by atoms with Crippen molar-refractivity contribution in [2.75, 3.05) is 64.4 Å². The Morgan fingerprint density at radius 2 is 2.16 bits per heavy atom. The van der Waals surface area contributed by atoms with Gasteiger partial charge in [-0.15, -0.1) is 11.3 Å². The molecule has 0 radical (unpaired) electrons. The van der Waals surface area contributed by atoms with E-state index in [-0.39, 0.29) is 18.1 Å². The standard InChI is InChI=1S/C16H24N4O4S/c1-23-15(21)13-2-3-14(25-13)19-5-7-20(8-6-19)16(22)18-11-12-10-17-4-9-24-12/h2-3,12,17H,4-11H2,1H3,(H,18,22). The molecule has 0 bridgehead atoms. The van der Waals surface area contributed by atoms with Gasteiger partial charge in [0.15, 0.2) is 0 Å². The summed E-state index contributed by atoms with van der Waals surface area (Å²) in [6.45, 7) is 5.66. The summed E-state index contributed by atoms with van der Waals surface area (Å²) in [5, 5.41) is 7.23. The van der Waals surface area contributed by atoms with Crippen molar-refractivity contribution in [2.45, 2.75) is 6.10 Å².